The monoisotopic (exact) mass is 442 g/mol. The molecule has 4 aromatic rings. The molecule has 5 rings (SSSR count). The first-order valence-electron chi connectivity index (χ1n) is 11.0. The molecular formula is C26H26N4O3. The Balaban J connectivity index is 1.34. The van der Waals surface area contributed by atoms with Crippen LogP contribution in [-0.4, -0.2) is 33.2 Å². The van der Waals surface area contributed by atoms with E-state index < -0.39 is 0 Å². The third-order valence-corrected chi connectivity index (χ3v) is 5.95. The van der Waals surface area contributed by atoms with Gasteiger partial charge in [-0.05, 0) is 56.7 Å². The molecule has 1 aliphatic rings. The fourth-order valence-electron chi connectivity index (χ4n) is 4.22. The van der Waals surface area contributed by atoms with Crippen molar-refractivity contribution in [3.8, 4) is 17.2 Å². The van der Waals surface area contributed by atoms with Gasteiger partial charge in [0.2, 0.25) is 0 Å². The summed E-state index contributed by atoms with van der Waals surface area (Å²) < 4.78 is 15.5. The van der Waals surface area contributed by atoms with Crippen molar-refractivity contribution in [2.24, 2.45) is 0 Å². The first-order valence-corrected chi connectivity index (χ1v) is 11.0. The lowest BCUT2D eigenvalue weighted by Crippen LogP contribution is -2.16. The highest BCUT2D eigenvalue weighted by molar-refractivity contribution is 6.05. The van der Waals surface area contributed by atoms with E-state index in [4.69, 9.17) is 9.47 Å². The summed E-state index contributed by atoms with van der Waals surface area (Å²) in [5.41, 5.74) is 5.32. The molecule has 0 saturated heterocycles. The van der Waals surface area contributed by atoms with Gasteiger partial charge in [-0.2, -0.15) is 0 Å². The SMILES string of the molecule is Cc1nccn1Cc1ccc(NC(=O)c2cc(C)n(-c3ccc4c(c3)OCCO4)c2C)cc1. The predicted molar refractivity (Wildman–Crippen MR) is 127 cm³/mol. The average Bonchev–Trinajstić information content (AvgIpc) is 3.36. The summed E-state index contributed by atoms with van der Waals surface area (Å²) in [6.07, 6.45) is 3.76. The fourth-order valence-corrected chi connectivity index (χ4v) is 4.22. The Labute approximate surface area is 192 Å². The Morgan fingerprint density at radius 3 is 2.48 bits per heavy atom. The zero-order chi connectivity index (χ0) is 22.9. The number of benzene rings is 2. The summed E-state index contributed by atoms with van der Waals surface area (Å²) in [6, 6.07) is 15.7. The van der Waals surface area contributed by atoms with E-state index in [-0.39, 0.29) is 5.91 Å². The number of ether oxygens (including phenoxy) is 2. The van der Waals surface area contributed by atoms with E-state index in [1.165, 1.54) is 0 Å². The molecule has 0 radical (unpaired) electrons. The molecule has 1 aliphatic heterocycles. The van der Waals surface area contributed by atoms with E-state index in [1.54, 1.807) is 6.20 Å². The van der Waals surface area contributed by atoms with E-state index in [2.05, 4.69) is 19.4 Å². The van der Waals surface area contributed by atoms with Gasteiger partial charge in [-0.25, -0.2) is 4.98 Å². The minimum Gasteiger partial charge on any atom is -0.486 e. The minimum absolute atomic E-state index is 0.134. The van der Waals surface area contributed by atoms with Crippen molar-refractivity contribution in [1.82, 2.24) is 14.1 Å². The van der Waals surface area contributed by atoms with Crippen molar-refractivity contribution in [2.45, 2.75) is 27.3 Å². The van der Waals surface area contributed by atoms with Crippen molar-refractivity contribution >= 4 is 11.6 Å². The average molecular weight is 443 g/mol. The fraction of sp³-hybridized carbons (Fsp3) is 0.231. The lowest BCUT2D eigenvalue weighted by atomic mass is 10.2. The van der Waals surface area contributed by atoms with Gasteiger partial charge in [0.1, 0.15) is 19.0 Å². The maximum Gasteiger partial charge on any atom is 0.257 e. The van der Waals surface area contributed by atoms with Crippen LogP contribution < -0.4 is 14.8 Å². The molecule has 2 aromatic carbocycles. The van der Waals surface area contributed by atoms with Crippen LogP contribution in [0, 0.1) is 20.8 Å². The normalized spacial score (nSPS) is 12.6. The van der Waals surface area contributed by atoms with E-state index in [0.29, 0.717) is 18.8 Å². The Morgan fingerprint density at radius 1 is 1.00 bits per heavy atom. The van der Waals surface area contributed by atoms with Gasteiger partial charge in [0, 0.05) is 47.8 Å². The number of hydrogen-bond donors (Lipinski definition) is 1. The molecule has 3 heterocycles. The van der Waals surface area contributed by atoms with Crippen LogP contribution in [0.25, 0.3) is 5.69 Å². The molecule has 33 heavy (non-hydrogen) atoms. The molecule has 0 saturated carbocycles. The molecule has 1 N–H and O–H groups in total. The second-order valence-corrected chi connectivity index (χ2v) is 8.20. The molecule has 0 atom stereocenters. The van der Waals surface area contributed by atoms with Crippen LogP contribution in [0.15, 0.2) is 60.9 Å². The first-order chi connectivity index (χ1) is 16.0. The number of carbonyl (C=O) groups excluding carboxylic acids is 1. The summed E-state index contributed by atoms with van der Waals surface area (Å²) in [5, 5.41) is 3.02. The molecule has 0 bridgehead atoms. The van der Waals surface area contributed by atoms with Crippen LogP contribution in [0.1, 0.15) is 33.1 Å². The maximum atomic E-state index is 13.1. The van der Waals surface area contributed by atoms with Gasteiger partial charge in [-0.15, -0.1) is 0 Å². The zero-order valence-corrected chi connectivity index (χ0v) is 19.0. The minimum atomic E-state index is -0.134. The molecule has 0 aliphatic carbocycles. The number of rotatable bonds is 5. The molecule has 1 amide bonds. The van der Waals surface area contributed by atoms with E-state index in [1.807, 2.05) is 75.5 Å². The number of nitrogens with one attached hydrogen (secondary N) is 1. The molecule has 7 nitrogen and oxygen atoms in total. The Kier molecular flexibility index (Phi) is 5.38. The topological polar surface area (TPSA) is 70.3 Å². The van der Waals surface area contributed by atoms with Crippen LogP contribution in [0.5, 0.6) is 11.5 Å². The van der Waals surface area contributed by atoms with Gasteiger partial charge in [0.05, 0.1) is 5.56 Å². The second-order valence-electron chi connectivity index (χ2n) is 8.20. The zero-order valence-electron chi connectivity index (χ0n) is 19.0. The van der Waals surface area contributed by atoms with Crippen molar-refractivity contribution in [2.75, 3.05) is 18.5 Å². The van der Waals surface area contributed by atoms with Crippen LogP contribution in [0.2, 0.25) is 0 Å². The van der Waals surface area contributed by atoms with Gasteiger partial charge in [0.25, 0.3) is 5.91 Å². The highest BCUT2D eigenvalue weighted by Crippen LogP contribution is 2.33. The molecule has 7 heteroatoms. The smallest absolute Gasteiger partial charge is 0.257 e. The third-order valence-electron chi connectivity index (χ3n) is 5.95. The highest BCUT2D eigenvalue weighted by atomic mass is 16.6. The lowest BCUT2D eigenvalue weighted by molar-refractivity contribution is 0.102. The lowest BCUT2D eigenvalue weighted by Gasteiger charge is -2.20. The van der Waals surface area contributed by atoms with Crippen LogP contribution in [0.4, 0.5) is 5.69 Å². The molecular weight excluding hydrogens is 416 g/mol. The summed E-state index contributed by atoms with van der Waals surface area (Å²) in [7, 11) is 0. The van der Waals surface area contributed by atoms with Crippen molar-refractivity contribution in [3.05, 3.63) is 89.3 Å². The number of nitrogens with zero attached hydrogens (tertiary/aromatic N) is 3. The quantitative estimate of drug-likeness (QED) is 0.488. The standard InChI is InChI=1S/C26H26N4O3/c1-17-14-23(18(2)30(17)22-8-9-24-25(15-22)33-13-12-32-24)26(31)28-21-6-4-20(5-7-21)16-29-11-10-27-19(29)3/h4-11,14-15H,12-13,16H2,1-3H3,(H,28,31). The van der Waals surface area contributed by atoms with Crippen molar-refractivity contribution in [3.63, 3.8) is 0 Å². The van der Waals surface area contributed by atoms with Crippen molar-refractivity contribution < 1.29 is 14.3 Å². The van der Waals surface area contributed by atoms with Crippen LogP contribution >= 0.6 is 0 Å². The predicted octanol–water partition coefficient (Wildman–Crippen LogP) is 4.67. The highest BCUT2D eigenvalue weighted by Gasteiger charge is 2.19. The number of aryl methyl sites for hydroxylation is 2. The molecule has 0 unspecified atom stereocenters. The van der Waals surface area contributed by atoms with Gasteiger partial charge in [0.15, 0.2) is 11.5 Å². The second kappa shape index (κ2) is 8.50. The summed E-state index contributed by atoms with van der Waals surface area (Å²) in [4.78, 5) is 17.3. The van der Waals surface area contributed by atoms with E-state index in [0.717, 1.165) is 52.2 Å². The summed E-state index contributed by atoms with van der Waals surface area (Å²) in [6.45, 7) is 7.77. The number of amides is 1. The third kappa shape index (κ3) is 4.09. The molecule has 2 aromatic heterocycles. The van der Waals surface area contributed by atoms with Crippen molar-refractivity contribution in [1.29, 1.82) is 0 Å². The molecule has 0 spiro atoms. The number of carbonyl (C=O) groups is 1. The van der Waals surface area contributed by atoms with Crippen LogP contribution in [-0.2, 0) is 6.54 Å². The first kappa shape index (κ1) is 20.9. The van der Waals surface area contributed by atoms with Crippen LogP contribution in [0.3, 0.4) is 0 Å². The van der Waals surface area contributed by atoms with Gasteiger partial charge in [-0.3, -0.25) is 4.79 Å². The van der Waals surface area contributed by atoms with E-state index >= 15 is 0 Å². The molecule has 0 fully saturated rings. The largest absolute Gasteiger partial charge is 0.486 e. The Morgan fingerprint density at radius 2 is 1.76 bits per heavy atom. The van der Waals surface area contributed by atoms with Gasteiger partial charge in [-0.1, -0.05) is 12.1 Å². The summed E-state index contributed by atoms with van der Waals surface area (Å²) in [5.74, 6) is 2.31. The van der Waals surface area contributed by atoms with Gasteiger partial charge >= 0.3 is 0 Å². The number of imidazole rings is 1. The summed E-state index contributed by atoms with van der Waals surface area (Å²) >= 11 is 0. The van der Waals surface area contributed by atoms with E-state index in [9.17, 15) is 4.79 Å². The Bertz CT molecular complexity index is 1320. The number of fused-ring (bicyclic) bond motifs is 1. The number of aromatic nitrogens is 3. The maximum absolute atomic E-state index is 13.1. The Hall–Kier alpha value is -4.00. The van der Waals surface area contributed by atoms with Gasteiger partial charge < -0.3 is 23.9 Å². The number of anilines is 1. The molecule has 168 valence electrons. The number of hydrogen-bond acceptors (Lipinski definition) is 4.